The van der Waals surface area contributed by atoms with Crippen molar-refractivity contribution < 1.29 is 4.79 Å². The van der Waals surface area contributed by atoms with Crippen LogP contribution in [0.2, 0.25) is 0 Å². The molecule has 0 heterocycles. The molecular weight excluding hydrogens is 174 g/mol. The minimum atomic E-state index is -0.360. The predicted octanol–water partition coefficient (Wildman–Crippen LogP) is 2.31. The number of allylic oxidation sites excluding steroid dienone is 1. The third kappa shape index (κ3) is 1.33. The third-order valence-corrected chi connectivity index (χ3v) is 2.72. The summed E-state index contributed by atoms with van der Waals surface area (Å²) < 4.78 is 0. The molecule has 2 N–H and O–H groups in total. The Bertz CT molecular complexity index is 407. The number of carbonyl (C=O) groups is 1. The van der Waals surface area contributed by atoms with Crippen molar-refractivity contribution in [1.82, 2.24) is 0 Å². The molecule has 14 heavy (non-hydrogen) atoms. The van der Waals surface area contributed by atoms with E-state index in [-0.39, 0.29) is 5.91 Å². The van der Waals surface area contributed by atoms with E-state index in [4.69, 9.17) is 5.73 Å². The smallest absolute Gasteiger partial charge is 0.248 e. The lowest BCUT2D eigenvalue weighted by Crippen LogP contribution is -2.11. The van der Waals surface area contributed by atoms with Crippen molar-refractivity contribution in [2.45, 2.75) is 19.3 Å². The van der Waals surface area contributed by atoms with Gasteiger partial charge in [0, 0.05) is 11.5 Å². The summed E-state index contributed by atoms with van der Waals surface area (Å²) in [6.45, 7) is 2.16. The minimum absolute atomic E-state index is 0.360. The first-order chi connectivity index (χ1) is 6.72. The normalized spacial score (nSPS) is 18.2. The van der Waals surface area contributed by atoms with Crippen LogP contribution in [0.25, 0.3) is 6.08 Å². The monoisotopic (exact) mass is 187 g/mol. The van der Waals surface area contributed by atoms with Crippen LogP contribution in [0.4, 0.5) is 0 Å². The van der Waals surface area contributed by atoms with E-state index < -0.39 is 0 Å². The highest BCUT2D eigenvalue weighted by Crippen LogP contribution is 2.32. The molecule has 2 rings (SSSR count). The molecule has 1 aliphatic rings. The van der Waals surface area contributed by atoms with E-state index in [2.05, 4.69) is 19.1 Å². The van der Waals surface area contributed by atoms with Gasteiger partial charge < -0.3 is 5.73 Å². The second-order valence-electron chi connectivity index (χ2n) is 3.58. The van der Waals surface area contributed by atoms with E-state index in [1.807, 2.05) is 12.1 Å². The molecule has 0 saturated heterocycles. The van der Waals surface area contributed by atoms with E-state index in [9.17, 15) is 4.79 Å². The molecule has 0 aliphatic heterocycles. The zero-order chi connectivity index (χ0) is 10.1. The van der Waals surface area contributed by atoms with Crippen LogP contribution in [0.1, 0.15) is 40.7 Å². The van der Waals surface area contributed by atoms with Crippen LogP contribution in [-0.2, 0) is 0 Å². The predicted molar refractivity (Wildman–Crippen MR) is 57.0 cm³/mol. The van der Waals surface area contributed by atoms with Crippen LogP contribution in [0.3, 0.4) is 0 Å². The molecule has 1 aromatic rings. The van der Waals surface area contributed by atoms with Crippen molar-refractivity contribution in [2.75, 3.05) is 0 Å². The van der Waals surface area contributed by atoms with Gasteiger partial charge in [-0.15, -0.1) is 0 Å². The highest BCUT2D eigenvalue weighted by atomic mass is 16.1. The molecule has 2 heteroatoms. The number of hydrogen-bond acceptors (Lipinski definition) is 1. The largest absolute Gasteiger partial charge is 0.366 e. The average Bonchev–Trinajstić information content (AvgIpc) is 2.59. The fraction of sp³-hybridized carbons (Fsp3) is 0.250. The summed E-state index contributed by atoms with van der Waals surface area (Å²) in [6.07, 6.45) is 5.34. The van der Waals surface area contributed by atoms with Crippen LogP contribution < -0.4 is 5.73 Å². The van der Waals surface area contributed by atoms with Gasteiger partial charge in [-0.05, 0) is 29.7 Å². The Kier molecular flexibility index (Phi) is 2.12. The Hall–Kier alpha value is -1.57. The fourth-order valence-electron chi connectivity index (χ4n) is 1.89. The quantitative estimate of drug-likeness (QED) is 0.758. The summed E-state index contributed by atoms with van der Waals surface area (Å²) in [6, 6.07) is 5.67. The van der Waals surface area contributed by atoms with Gasteiger partial charge >= 0.3 is 0 Å². The number of hydrogen-bond donors (Lipinski definition) is 1. The van der Waals surface area contributed by atoms with Crippen molar-refractivity contribution in [1.29, 1.82) is 0 Å². The Morgan fingerprint density at radius 2 is 2.29 bits per heavy atom. The van der Waals surface area contributed by atoms with Crippen molar-refractivity contribution >= 4 is 12.0 Å². The average molecular weight is 187 g/mol. The Labute approximate surface area is 83.4 Å². The summed E-state index contributed by atoms with van der Waals surface area (Å²) in [5.74, 6) is 0.146. The van der Waals surface area contributed by atoms with Gasteiger partial charge in [0.1, 0.15) is 0 Å². The van der Waals surface area contributed by atoms with Gasteiger partial charge in [0.25, 0.3) is 0 Å². The van der Waals surface area contributed by atoms with Crippen molar-refractivity contribution in [2.24, 2.45) is 5.73 Å². The first kappa shape index (κ1) is 9.00. The molecule has 2 nitrogen and oxygen atoms in total. The van der Waals surface area contributed by atoms with E-state index in [1.165, 1.54) is 5.56 Å². The van der Waals surface area contributed by atoms with Gasteiger partial charge in [-0.25, -0.2) is 0 Å². The maximum Gasteiger partial charge on any atom is 0.248 e. The molecule has 1 amide bonds. The van der Waals surface area contributed by atoms with Crippen LogP contribution in [0.15, 0.2) is 24.3 Å². The van der Waals surface area contributed by atoms with Crippen LogP contribution >= 0.6 is 0 Å². The molecule has 0 aromatic heterocycles. The number of nitrogens with two attached hydrogens (primary N) is 1. The lowest BCUT2D eigenvalue weighted by molar-refractivity contribution is 0.100. The number of carbonyl (C=O) groups excluding carboxylic acids is 1. The molecule has 1 atom stereocenters. The summed E-state index contributed by atoms with van der Waals surface area (Å²) in [7, 11) is 0. The summed E-state index contributed by atoms with van der Waals surface area (Å²) in [5.41, 5.74) is 8.24. The minimum Gasteiger partial charge on any atom is -0.366 e. The van der Waals surface area contributed by atoms with E-state index in [0.717, 1.165) is 12.0 Å². The molecule has 0 radical (unpaired) electrons. The third-order valence-electron chi connectivity index (χ3n) is 2.72. The van der Waals surface area contributed by atoms with Gasteiger partial charge in [0.2, 0.25) is 5.91 Å². The molecule has 0 bridgehead atoms. The standard InChI is InChI=1S/C12H13NO/c1-2-8-3-4-9-7-10(12(13)14)5-6-11(8)9/h3-8H,2H2,1H3,(H2,13,14). The number of fused-ring (bicyclic) bond motifs is 1. The van der Waals surface area contributed by atoms with Gasteiger partial charge in [-0.3, -0.25) is 4.79 Å². The summed E-state index contributed by atoms with van der Waals surface area (Å²) >= 11 is 0. The molecule has 72 valence electrons. The van der Waals surface area contributed by atoms with Crippen LogP contribution in [0, 0.1) is 0 Å². The zero-order valence-electron chi connectivity index (χ0n) is 8.16. The summed E-state index contributed by atoms with van der Waals surface area (Å²) in [5, 5.41) is 0. The maximum absolute atomic E-state index is 10.9. The Morgan fingerprint density at radius 3 is 2.93 bits per heavy atom. The molecule has 0 spiro atoms. The van der Waals surface area contributed by atoms with E-state index in [1.54, 1.807) is 6.07 Å². The Morgan fingerprint density at radius 1 is 1.50 bits per heavy atom. The van der Waals surface area contributed by atoms with Crippen LogP contribution in [0.5, 0.6) is 0 Å². The number of amides is 1. The van der Waals surface area contributed by atoms with E-state index in [0.29, 0.717) is 11.5 Å². The van der Waals surface area contributed by atoms with Gasteiger partial charge in [0.05, 0.1) is 0 Å². The lowest BCUT2D eigenvalue weighted by Gasteiger charge is -2.08. The van der Waals surface area contributed by atoms with Gasteiger partial charge in [0.15, 0.2) is 0 Å². The molecule has 1 unspecified atom stereocenters. The lowest BCUT2D eigenvalue weighted by atomic mass is 9.97. The highest BCUT2D eigenvalue weighted by Gasteiger charge is 2.16. The van der Waals surface area contributed by atoms with Crippen molar-refractivity contribution in [3.8, 4) is 0 Å². The van der Waals surface area contributed by atoms with Gasteiger partial charge in [-0.1, -0.05) is 25.1 Å². The number of primary amides is 1. The first-order valence-corrected chi connectivity index (χ1v) is 4.84. The second-order valence-corrected chi connectivity index (χ2v) is 3.58. The zero-order valence-corrected chi connectivity index (χ0v) is 8.16. The topological polar surface area (TPSA) is 43.1 Å². The first-order valence-electron chi connectivity index (χ1n) is 4.84. The van der Waals surface area contributed by atoms with Crippen LogP contribution in [-0.4, -0.2) is 5.91 Å². The molecule has 1 aromatic carbocycles. The van der Waals surface area contributed by atoms with E-state index >= 15 is 0 Å². The number of rotatable bonds is 2. The molecular formula is C12H13NO. The SMILES string of the molecule is CCC1C=Cc2cc(C(N)=O)ccc21. The van der Waals surface area contributed by atoms with Crippen molar-refractivity contribution in [3.63, 3.8) is 0 Å². The fourth-order valence-corrected chi connectivity index (χ4v) is 1.89. The highest BCUT2D eigenvalue weighted by molar-refractivity contribution is 5.93. The number of benzene rings is 1. The Balaban J connectivity index is 2.43. The van der Waals surface area contributed by atoms with Gasteiger partial charge in [-0.2, -0.15) is 0 Å². The molecule has 0 fully saturated rings. The molecule has 0 saturated carbocycles. The maximum atomic E-state index is 10.9. The molecule has 1 aliphatic carbocycles. The summed E-state index contributed by atoms with van der Waals surface area (Å²) in [4.78, 5) is 10.9. The second kappa shape index (κ2) is 3.29. The van der Waals surface area contributed by atoms with Crippen molar-refractivity contribution in [3.05, 3.63) is 41.0 Å².